The Bertz CT molecular complexity index is 1170. The van der Waals surface area contributed by atoms with Crippen molar-refractivity contribution in [2.75, 3.05) is 5.32 Å². The number of benzene rings is 3. The molecule has 0 aromatic heterocycles. The second-order valence-corrected chi connectivity index (χ2v) is 8.12. The van der Waals surface area contributed by atoms with Gasteiger partial charge >= 0.3 is 5.97 Å². The summed E-state index contributed by atoms with van der Waals surface area (Å²) in [7, 11) is 0. The number of nitrogens with two attached hydrogens (primary N) is 1. The molecule has 5 N–H and O–H groups in total. The fourth-order valence-corrected chi connectivity index (χ4v) is 3.86. The highest BCUT2D eigenvalue weighted by Gasteiger charge is 2.20. The molecule has 0 saturated heterocycles. The first kappa shape index (κ1) is 23.9. The van der Waals surface area contributed by atoms with Crippen LogP contribution in [0.4, 0.5) is 5.69 Å². The Hall–Kier alpha value is -3.71. The number of carboxylic acid groups (broad SMARTS) is 1. The molecule has 2 atom stereocenters. The third kappa shape index (κ3) is 6.17. The number of hydrogen-bond acceptors (Lipinski definition) is 4. The van der Waals surface area contributed by atoms with Crippen molar-refractivity contribution in [1.82, 2.24) is 5.32 Å². The first-order chi connectivity index (χ1) is 15.8. The normalized spacial score (nSPS) is 12.7. The van der Waals surface area contributed by atoms with Crippen molar-refractivity contribution in [3.63, 3.8) is 0 Å². The van der Waals surface area contributed by atoms with Crippen LogP contribution in [0.3, 0.4) is 0 Å². The third-order valence-corrected chi connectivity index (χ3v) is 5.63. The van der Waals surface area contributed by atoms with E-state index in [9.17, 15) is 14.4 Å². The van der Waals surface area contributed by atoms with E-state index < -0.39 is 18.1 Å². The maximum absolute atomic E-state index is 13.2. The maximum atomic E-state index is 13.2. The summed E-state index contributed by atoms with van der Waals surface area (Å²) >= 11 is 0. The number of anilines is 1. The van der Waals surface area contributed by atoms with Gasteiger partial charge in [-0.1, -0.05) is 54.6 Å². The van der Waals surface area contributed by atoms with Gasteiger partial charge in [0.15, 0.2) is 0 Å². The standard InChI is InChI=1S/C26H29N3O4/c1-16(21-11-5-8-18-7-3-4-10-22(18)21)26(33)29-23-15-20(25(27)28-17(2)30)14-13-19(23)9-6-12-24(31)32/h3-5,7-8,10-11,13-16,25H,6,9,12,27H2,1-2H3,(H,28,30)(H,29,33)(H,31,32). The number of rotatable bonds is 9. The molecule has 2 unspecified atom stereocenters. The molecule has 0 aliphatic heterocycles. The number of nitrogens with one attached hydrogen (secondary N) is 2. The number of amides is 2. The molecule has 0 fully saturated rings. The zero-order chi connectivity index (χ0) is 24.0. The molecule has 0 bridgehead atoms. The molecule has 0 aliphatic rings. The predicted molar refractivity (Wildman–Crippen MR) is 129 cm³/mol. The van der Waals surface area contributed by atoms with Gasteiger partial charge < -0.3 is 21.5 Å². The van der Waals surface area contributed by atoms with Gasteiger partial charge in [0.05, 0.1) is 5.92 Å². The first-order valence-electron chi connectivity index (χ1n) is 10.9. The zero-order valence-electron chi connectivity index (χ0n) is 18.8. The largest absolute Gasteiger partial charge is 0.481 e. The second-order valence-electron chi connectivity index (χ2n) is 8.12. The Balaban J connectivity index is 1.88. The topological polar surface area (TPSA) is 122 Å². The smallest absolute Gasteiger partial charge is 0.303 e. The average molecular weight is 448 g/mol. The quantitative estimate of drug-likeness (QED) is 0.368. The summed E-state index contributed by atoms with van der Waals surface area (Å²) in [5, 5.41) is 16.7. The first-order valence-corrected chi connectivity index (χ1v) is 10.9. The van der Waals surface area contributed by atoms with Crippen LogP contribution in [0.1, 0.15) is 55.5 Å². The summed E-state index contributed by atoms with van der Waals surface area (Å²) in [6.07, 6.45) is 0.239. The minimum Gasteiger partial charge on any atom is -0.481 e. The van der Waals surface area contributed by atoms with Gasteiger partial charge in [-0.3, -0.25) is 14.4 Å². The summed E-state index contributed by atoms with van der Waals surface area (Å²) in [5.74, 6) is -1.73. The molecule has 0 spiro atoms. The van der Waals surface area contributed by atoms with Gasteiger partial charge in [0, 0.05) is 19.0 Å². The molecule has 0 radical (unpaired) electrons. The van der Waals surface area contributed by atoms with E-state index in [0.717, 1.165) is 21.9 Å². The van der Waals surface area contributed by atoms with E-state index in [1.54, 1.807) is 12.1 Å². The van der Waals surface area contributed by atoms with Crippen LogP contribution in [0.25, 0.3) is 10.8 Å². The Morgan fingerprint density at radius 3 is 2.48 bits per heavy atom. The van der Waals surface area contributed by atoms with Gasteiger partial charge in [-0.2, -0.15) is 0 Å². The summed E-state index contributed by atoms with van der Waals surface area (Å²) in [6.45, 7) is 3.24. The van der Waals surface area contributed by atoms with Gasteiger partial charge in [0.25, 0.3) is 0 Å². The molecule has 3 rings (SSSR count). The minimum atomic E-state index is -0.866. The average Bonchev–Trinajstić information content (AvgIpc) is 2.78. The molecule has 33 heavy (non-hydrogen) atoms. The van der Waals surface area contributed by atoms with E-state index in [2.05, 4.69) is 10.6 Å². The number of carbonyl (C=O) groups excluding carboxylic acids is 2. The van der Waals surface area contributed by atoms with Crippen LogP contribution >= 0.6 is 0 Å². The maximum Gasteiger partial charge on any atom is 0.303 e. The number of carboxylic acids is 1. The fourth-order valence-electron chi connectivity index (χ4n) is 3.86. The fraction of sp³-hybridized carbons (Fsp3) is 0.269. The Kier molecular flexibility index (Phi) is 7.79. The lowest BCUT2D eigenvalue weighted by atomic mass is 9.93. The van der Waals surface area contributed by atoms with Crippen LogP contribution in [-0.4, -0.2) is 22.9 Å². The number of aliphatic carboxylic acids is 1. The number of hydrogen-bond donors (Lipinski definition) is 4. The second kappa shape index (κ2) is 10.7. The van der Waals surface area contributed by atoms with Crippen molar-refractivity contribution < 1.29 is 19.5 Å². The number of fused-ring (bicyclic) bond motifs is 1. The highest BCUT2D eigenvalue weighted by Crippen LogP contribution is 2.28. The monoisotopic (exact) mass is 447 g/mol. The van der Waals surface area contributed by atoms with E-state index in [0.29, 0.717) is 24.1 Å². The highest BCUT2D eigenvalue weighted by molar-refractivity contribution is 5.99. The van der Waals surface area contributed by atoms with E-state index >= 15 is 0 Å². The van der Waals surface area contributed by atoms with E-state index in [-0.39, 0.29) is 18.2 Å². The molecule has 2 amide bonds. The van der Waals surface area contributed by atoms with E-state index in [1.807, 2.05) is 55.5 Å². The number of aryl methyl sites for hydroxylation is 1. The third-order valence-electron chi connectivity index (χ3n) is 5.63. The zero-order valence-corrected chi connectivity index (χ0v) is 18.8. The van der Waals surface area contributed by atoms with Crippen LogP contribution in [0, 0.1) is 0 Å². The van der Waals surface area contributed by atoms with Crippen LogP contribution < -0.4 is 16.4 Å². The van der Waals surface area contributed by atoms with Crippen LogP contribution in [0.15, 0.2) is 60.7 Å². The van der Waals surface area contributed by atoms with Crippen molar-refractivity contribution in [2.45, 2.75) is 45.2 Å². The summed E-state index contributed by atoms with van der Waals surface area (Å²) in [6, 6.07) is 19.2. The van der Waals surface area contributed by atoms with Gasteiger partial charge in [-0.15, -0.1) is 0 Å². The number of carbonyl (C=O) groups is 3. The predicted octanol–water partition coefficient (Wildman–Crippen LogP) is 4.08. The van der Waals surface area contributed by atoms with Crippen LogP contribution in [0.2, 0.25) is 0 Å². The molecule has 0 heterocycles. The van der Waals surface area contributed by atoms with Gasteiger partial charge in [-0.25, -0.2) is 0 Å². The lowest BCUT2D eigenvalue weighted by Gasteiger charge is -2.19. The van der Waals surface area contributed by atoms with Gasteiger partial charge in [0.1, 0.15) is 6.17 Å². The van der Waals surface area contributed by atoms with Crippen molar-refractivity contribution in [3.05, 3.63) is 77.4 Å². The summed E-state index contributed by atoms with van der Waals surface area (Å²) < 4.78 is 0. The SMILES string of the molecule is CC(=O)NC(N)c1ccc(CCCC(=O)O)c(NC(=O)C(C)c2cccc3ccccc23)c1. The van der Waals surface area contributed by atoms with Crippen molar-refractivity contribution in [1.29, 1.82) is 0 Å². The Morgan fingerprint density at radius 2 is 1.76 bits per heavy atom. The molecule has 7 nitrogen and oxygen atoms in total. The molecule has 172 valence electrons. The van der Waals surface area contributed by atoms with Crippen LogP contribution in [-0.2, 0) is 20.8 Å². The van der Waals surface area contributed by atoms with Crippen molar-refractivity contribution >= 4 is 34.2 Å². The lowest BCUT2D eigenvalue weighted by molar-refractivity contribution is -0.137. The Labute approximate surface area is 193 Å². The molecular formula is C26H29N3O4. The molecule has 7 heteroatoms. The minimum absolute atomic E-state index is 0.0347. The van der Waals surface area contributed by atoms with Gasteiger partial charge in [0.2, 0.25) is 11.8 Å². The Morgan fingerprint density at radius 1 is 1.03 bits per heavy atom. The van der Waals surface area contributed by atoms with E-state index in [1.165, 1.54) is 6.92 Å². The van der Waals surface area contributed by atoms with Crippen molar-refractivity contribution in [3.8, 4) is 0 Å². The lowest BCUT2D eigenvalue weighted by Crippen LogP contribution is -2.32. The molecule has 0 aliphatic carbocycles. The molecule has 3 aromatic carbocycles. The highest BCUT2D eigenvalue weighted by atomic mass is 16.4. The van der Waals surface area contributed by atoms with Crippen LogP contribution in [0.5, 0.6) is 0 Å². The summed E-state index contributed by atoms with van der Waals surface area (Å²) in [5.41, 5.74) is 9.01. The van der Waals surface area contributed by atoms with Gasteiger partial charge in [-0.05, 0) is 53.3 Å². The molecule has 0 saturated carbocycles. The molecular weight excluding hydrogens is 418 g/mol. The van der Waals surface area contributed by atoms with Crippen molar-refractivity contribution in [2.24, 2.45) is 5.73 Å². The summed E-state index contributed by atoms with van der Waals surface area (Å²) in [4.78, 5) is 35.6. The molecule has 3 aromatic rings. The van der Waals surface area contributed by atoms with E-state index in [4.69, 9.17) is 10.8 Å².